The van der Waals surface area contributed by atoms with Crippen LogP contribution in [-0.2, 0) is 0 Å². The van der Waals surface area contributed by atoms with Gasteiger partial charge >= 0.3 is 6.18 Å². The average molecular weight is 190 g/mol. The summed E-state index contributed by atoms with van der Waals surface area (Å²) in [5.74, 6) is 0.215. The molecule has 0 rings (SSSR count). The highest BCUT2D eigenvalue weighted by Gasteiger charge is 2.27. The normalized spacial score (nSPS) is 15.0. The minimum atomic E-state index is -4.14. The Labute approximate surface area is 68.9 Å². The standard InChI is InChI=1S/C6H11ClF3N/c1-2-5(3-7)11-4-6(8,9)10/h5,11H,2-4H2,1H3. The van der Waals surface area contributed by atoms with Gasteiger partial charge in [-0.15, -0.1) is 11.6 Å². The third-order valence-corrected chi connectivity index (χ3v) is 1.64. The van der Waals surface area contributed by atoms with Gasteiger partial charge in [-0.1, -0.05) is 6.92 Å². The number of alkyl halides is 4. The minimum Gasteiger partial charge on any atom is -0.305 e. The van der Waals surface area contributed by atoms with Crippen LogP contribution in [0.5, 0.6) is 0 Å². The van der Waals surface area contributed by atoms with Crippen molar-refractivity contribution in [3.63, 3.8) is 0 Å². The predicted octanol–water partition coefficient (Wildman–Crippen LogP) is 2.16. The molecule has 0 saturated heterocycles. The van der Waals surface area contributed by atoms with E-state index >= 15 is 0 Å². The lowest BCUT2D eigenvalue weighted by molar-refractivity contribution is -0.126. The van der Waals surface area contributed by atoms with Crippen molar-refractivity contribution in [3.05, 3.63) is 0 Å². The van der Waals surface area contributed by atoms with E-state index in [-0.39, 0.29) is 11.9 Å². The van der Waals surface area contributed by atoms with Crippen molar-refractivity contribution in [2.45, 2.75) is 25.6 Å². The van der Waals surface area contributed by atoms with E-state index in [0.29, 0.717) is 6.42 Å². The Hall–Kier alpha value is 0.0400. The molecular formula is C6H11ClF3N. The predicted molar refractivity (Wildman–Crippen MR) is 38.9 cm³/mol. The molecule has 0 aliphatic rings. The first-order valence-corrected chi connectivity index (χ1v) is 3.89. The maximum Gasteiger partial charge on any atom is 0.401 e. The van der Waals surface area contributed by atoms with Crippen LogP contribution in [0.1, 0.15) is 13.3 Å². The average Bonchev–Trinajstić information content (AvgIpc) is 1.88. The van der Waals surface area contributed by atoms with Crippen molar-refractivity contribution >= 4 is 11.6 Å². The summed E-state index contributed by atoms with van der Waals surface area (Å²) in [5.41, 5.74) is 0. The van der Waals surface area contributed by atoms with Crippen molar-refractivity contribution in [2.24, 2.45) is 0 Å². The zero-order valence-electron chi connectivity index (χ0n) is 6.21. The van der Waals surface area contributed by atoms with Gasteiger partial charge in [-0.05, 0) is 6.42 Å². The van der Waals surface area contributed by atoms with Crippen LogP contribution < -0.4 is 5.32 Å². The SMILES string of the molecule is CCC(CCl)NCC(F)(F)F. The lowest BCUT2D eigenvalue weighted by Gasteiger charge is -2.14. The van der Waals surface area contributed by atoms with Gasteiger partial charge in [0, 0.05) is 11.9 Å². The molecule has 0 aromatic rings. The Morgan fingerprint density at radius 2 is 2.00 bits per heavy atom. The second-order valence-corrected chi connectivity index (χ2v) is 2.56. The van der Waals surface area contributed by atoms with Crippen LogP contribution in [0.3, 0.4) is 0 Å². The molecule has 11 heavy (non-hydrogen) atoms. The van der Waals surface area contributed by atoms with Gasteiger partial charge in [0.1, 0.15) is 0 Å². The molecule has 5 heteroatoms. The van der Waals surface area contributed by atoms with Gasteiger partial charge in [0.05, 0.1) is 6.54 Å². The smallest absolute Gasteiger partial charge is 0.305 e. The van der Waals surface area contributed by atoms with Crippen molar-refractivity contribution < 1.29 is 13.2 Å². The van der Waals surface area contributed by atoms with E-state index in [0.717, 1.165) is 0 Å². The molecule has 0 aromatic carbocycles. The highest BCUT2D eigenvalue weighted by molar-refractivity contribution is 6.18. The Morgan fingerprint density at radius 1 is 1.45 bits per heavy atom. The highest BCUT2D eigenvalue weighted by atomic mass is 35.5. The maximum absolute atomic E-state index is 11.6. The molecule has 68 valence electrons. The molecule has 0 amide bonds. The van der Waals surface area contributed by atoms with E-state index in [1.54, 1.807) is 6.92 Å². The Morgan fingerprint density at radius 3 is 2.27 bits per heavy atom. The molecule has 0 radical (unpaired) electrons. The third kappa shape index (κ3) is 6.44. The first-order chi connectivity index (χ1) is 4.99. The molecule has 0 saturated carbocycles. The molecule has 0 aliphatic carbocycles. The van der Waals surface area contributed by atoms with Gasteiger partial charge in [-0.2, -0.15) is 13.2 Å². The van der Waals surface area contributed by atoms with E-state index < -0.39 is 12.7 Å². The second kappa shape index (κ2) is 4.83. The zero-order chi connectivity index (χ0) is 8.91. The van der Waals surface area contributed by atoms with Gasteiger partial charge in [-0.3, -0.25) is 0 Å². The highest BCUT2D eigenvalue weighted by Crippen LogP contribution is 2.12. The third-order valence-electron chi connectivity index (χ3n) is 1.27. The van der Waals surface area contributed by atoms with Crippen molar-refractivity contribution in [1.29, 1.82) is 0 Å². The van der Waals surface area contributed by atoms with Crippen LogP contribution in [0.15, 0.2) is 0 Å². The minimum absolute atomic E-state index is 0.215. The molecule has 0 spiro atoms. The molecule has 1 nitrogen and oxygen atoms in total. The molecule has 1 atom stereocenters. The maximum atomic E-state index is 11.6. The molecule has 0 aliphatic heterocycles. The summed E-state index contributed by atoms with van der Waals surface area (Å²) >= 11 is 5.37. The zero-order valence-corrected chi connectivity index (χ0v) is 6.97. The van der Waals surface area contributed by atoms with Gasteiger partial charge in [0.2, 0.25) is 0 Å². The van der Waals surface area contributed by atoms with E-state index in [2.05, 4.69) is 5.32 Å². The summed E-state index contributed by atoms with van der Waals surface area (Å²) in [6.45, 7) is 0.828. The number of nitrogens with one attached hydrogen (secondary N) is 1. The summed E-state index contributed by atoms with van der Waals surface area (Å²) in [5, 5.41) is 2.30. The number of halogens is 4. The lowest BCUT2D eigenvalue weighted by atomic mass is 10.2. The quantitative estimate of drug-likeness (QED) is 0.669. The lowest BCUT2D eigenvalue weighted by Crippen LogP contribution is -2.37. The topological polar surface area (TPSA) is 12.0 Å². The van der Waals surface area contributed by atoms with E-state index in [9.17, 15) is 13.2 Å². The largest absolute Gasteiger partial charge is 0.401 e. The van der Waals surface area contributed by atoms with Crippen LogP contribution in [0.2, 0.25) is 0 Å². The fraction of sp³-hybridized carbons (Fsp3) is 1.00. The fourth-order valence-corrected chi connectivity index (χ4v) is 0.895. The van der Waals surface area contributed by atoms with Gasteiger partial charge < -0.3 is 5.32 Å². The summed E-state index contributed by atoms with van der Waals surface area (Å²) in [6.07, 6.45) is -3.53. The fourth-order valence-electron chi connectivity index (χ4n) is 0.568. The van der Waals surface area contributed by atoms with Crippen molar-refractivity contribution in [1.82, 2.24) is 5.32 Å². The van der Waals surface area contributed by atoms with Crippen LogP contribution in [0.25, 0.3) is 0 Å². The summed E-state index contributed by atoms with van der Waals surface area (Å²) in [4.78, 5) is 0. The Bertz CT molecular complexity index is 100. The van der Waals surface area contributed by atoms with Gasteiger partial charge in [0.25, 0.3) is 0 Å². The second-order valence-electron chi connectivity index (χ2n) is 2.26. The Kier molecular flexibility index (Phi) is 4.84. The van der Waals surface area contributed by atoms with Crippen molar-refractivity contribution in [3.8, 4) is 0 Å². The summed E-state index contributed by atoms with van der Waals surface area (Å²) in [7, 11) is 0. The van der Waals surface area contributed by atoms with E-state index in [4.69, 9.17) is 11.6 Å². The van der Waals surface area contributed by atoms with Crippen LogP contribution in [-0.4, -0.2) is 24.6 Å². The monoisotopic (exact) mass is 189 g/mol. The molecule has 0 heterocycles. The molecule has 0 bridgehead atoms. The molecule has 0 aromatic heterocycles. The molecule has 0 fully saturated rings. The van der Waals surface area contributed by atoms with Crippen LogP contribution >= 0.6 is 11.6 Å². The number of hydrogen-bond acceptors (Lipinski definition) is 1. The molecule has 1 unspecified atom stereocenters. The van der Waals surface area contributed by atoms with Crippen LogP contribution in [0, 0.1) is 0 Å². The van der Waals surface area contributed by atoms with E-state index in [1.165, 1.54) is 0 Å². The number of hydrogen-bond donors (Lipinski definition) is 1. The van der Waals surface area contributed by atoms with E-state index in [1.807, 2.05) is 0 Å². The van der Waals surface area contributed by atoms with Gasteiger partial charge in [-0.25, -0.2) is 0 Å². The Balaban J connectivity index is 3.51. The van der Waals surface area contributed by atoms with Crippen molar-refractivity contribution in [2.75, 3.05) is 12.4 Å². The first-order valence-electron chi connectivity index (χ1n) is 3.35. The summed E-state index contributed by atoms with van der Waals surface area (Å²) in [6, 6.07) is -0.238. The summed E-state index contributed by atoms with van der Waals surface area (Å²) < 4.78 is 34.7. The first kappa shape index (κ1) is 11.0. The number of rotatable bonds is 4. The molecular weight excluding hydrogens is 179 g/mol. The van der Waals surface area contributed by atoms with Gasteiger partial charge in [0.15, 0.2) is 0 Å². The van der Waals surface area contributed by atoms with Crippen LogP contribution in [0.4, 0.5) is 13.2 Å². The molecule has 1 N–H and O–H groups in total.